The molecule has 25 heavy (non-hydrogen) atoms. The smallest absolute Gasteiger partial charge is 0.242 e. The van der Waals surface area contributed by atoms with Crippen molar-refractivity contribution < 1.29 is 12.8 Å². The summed E-state index contributed by atoms with van der Waals surface area (Å²) in [7, 11) is -1.89. The van der Waals surface area contributed by atoms with Gasteiger partial charge in [0.2, 0.25) is 10.0 Å². The predicted molar refractivity (Wildman–Crippen MR) is 99.6 cm³/mol. The van der Waals surface area contributed by atoms with Gasteiger partial charge in [0.15, 0.2) is 0 Å². The zero-order valence-corrected chi connectivity index (χ0v) is 15.4. The maximum absolute atomic E-state index is 14.4. The van der Waals surface area contributed by atoms with E-state index in [4.69, 9.17) is 11.6 Å². The maximum atomic E-state index is 14.4. The predicted octanol–water partition coefficient (Wildman–Crippen LogP) is 3.87. The van der Waals surface area contributed by atoms with E-state index in [0.717, 1.165) is 22.8 Å². The van der Waals surface area contributed by atoms with Crippen LogP contribution in [-0.2, 0) is 16.4 Å². The topological polar surface area (TPSA) is 49.4 Å². The lowest BCUT2D eigenvalue weighted by Crippen LogP contribution is -2.42. The first-order chi connectivity index (χ1) is 11.9. The van der Waals surface area contributed by atoms with E-state index in [2.05, 4.69) is 5.32 Å². The molecule has 0 aliphatic carbocycles. The fourth-order valence-corrected chi connectivity index (χ4v) is 5.42. The van der Waals surface area contributed by atoms with Crippen LogP contribution in [0.1, 0.15) is 18.4 Å². The fourth-order valence-electron chi connectivity index (χ4n) is 3.19. The maximum Gasteiger partial charge on any atom is 0.242 e. The van der Waals surface area contributed by atoms with Crippen LogP contribution in [-0.4, -0.2) is 27.3 Å². The van der Waals surface area contributed by atoms with E-state index < -0.39 is 21.1 Å². The van der Waals surface area contributed by atoms with E-state index in [9.17, 15) is 12.8 Å². The second kappa shape index (κ2) is 7.32. The van der Waals surface area contributed by atoms with Crippen LogP contribution in [0, 0.1) is 5.82 Å². The van der Waals surface area contributed by atoms with Gasteiger partial charge in [-0.05, 0) is 68.8 Å². The summed E-state index contributed by atoms with van der Waals surface area (Å²) in [6.45, 7) is 0.730. The highest BCUT2D eigenvalue weighted by Gasteiger charge is 2.40. The minimum atomic E-state index is -3.72. The van der Waals surface area contributed by atoms with E-state index in [0.29, 0.717) is 23.6 Å². The Hall–Kier alpha value is -1.63. The quantitative estimate of drug-likeness (QED) is 0.798. The molecule has 2 aromatic carbocycles. The molecule has 7 heteroatoms. The van der Waals surface area contributed by atoms with Crippen LogP contribution >= 0.6 is 11.6 Å². The lowest BCUT2D eigenvalue weighted by molar-refractivity contribution is 0.552. The number of nitrogens with one attached hydrogen (secondary N) is 1. The molecule has 0 saturated heterocycles. The third-order valence-electron chi connectivity index (χ3n) is 4.41. The Morgan fingerprint density at radius 2 is 2.00 bits per heavy atom. The van der Waals surface area contributed by atoms with Gasteiger partial charge in [-0.3, -0.25) is 0 Å². The van der Waals surface area contributed by atoms with Crippen LogP contribution < -0.4 is 9.62 Å². The number of anilines is 2. The summed E-state index contributed by atoms with van der Waals surface area (Å²) in [5, 5.41) is 2.96. The fraction of sp³-hybridized carbons (Fsp3) is 0.333. The van der Waals surface area contributed by atoms with Gasteiger partial charge >= 0.3 is 0 Å². The summed E-state index contributed by atoms with van der Waals surface area (Å²) >= 11 is 6.10. The number of rotatable bonds is 5. The largest absolute Gasteiger partial charge is 0.320 e. The Labute approximate surface area is 152 Å². The molecule has 1 N–H and O–H groups in total. The van der Waals surface area contributed by atoms with Crippen molar-refractivity contribution in [2.45, 2.75) is 24.5 Å². The Morgan fingerprint density at radius 1 is 1.24 bits per heavy atom. The molecule has 1 aliphatic rings. The highest BCUT2D eigenvalue weighted by molar-refractivity contribution is 7.93. The number of para-hydroxylation sites is 1. The van der Waals surface area contributed by atoms with Crippen molar-refractivity contribution in [2.24, 2.45) is 0 Å². The van der Waals surface area contributed by atoms with Crippen LogP contribution in [0.4, 0.5) is 15.8 Å². The van der Waals surface area contributed by atoms with Crippen LogP contribution in [0.15, 0.2) is 42.5 Å². The van der Waals surface area contributed by atoms with Crippen LogP contribution in [0.5, 0.6) is 0 Å². The van der Waals surface area contributed by atoms with Gasteiger partial charge in [0.25, 0.3) is 0 Å². The standard InChI is InChI=1S/C18H20ClFN2O2S/c1-21-10-4-5-15-12-13-11-14(19)8-9-17(13)22(25(15,23)24)18-7-3-2-6-16(18)20/h2-3,6-9,11,15,21H,4-5,10,12H2,1H3/t15-/m0/s1. The van der Waals surface area contributed by atoms with Crippen molar-refractivity contribution in [2.75, 3.05) is 17.9 Å². The van der Waals surface area contributed by atoms with E-state index in [1.807, 2.05) is 7.05 Å². The number of benzene rings is 2. The number of halogens is 2. The molecule has 0 saturated carbocycles. The van der Waals surface area contributed by atoms with Crippen molar-refractivity contribution in [3.63, 3.8) is 0 Å². The third-order valence-corrected chi connectivity index (χ3v) is 6.79. The molecule has 0 radical (unpaired) electrons. The van der Waals surface area contributed by atoms with Crippen LogP contribution in [0.25, 0.3) is 0 Å². The van der Waals surface area contributed by atoms with Crippen molar-refractivity contribution >= 4 is 33.0 Å². The Kier molecular flexibility index (Phi) is 5.32. The number of sulfonamides is 1. The minimum Gasteiger partial charge on any atom is -0.320 e. The lowest BCUT2D eigenvalue weighted by atomic mass is 10.0. The summed E-state index contributed by atoms with van der Waals surface area (Å²) in [6.07, 6.45) is 1.61. The molecule has 0 bridgehead atoms. The second-order valence-corrected chi connectivity index (χ2v) is 8.60. The average Bonchev–Trinajstić information content (AvgIpc) is 2.57. The zero-order chi connectivity index (χ0) is 18.0. The number of fused-ring (bicyclic) bond motifs is 1. The molecule has 0 aromatic heterocycles. The van der Waals surface area contributed by atoms with Crippen molar-refractivity contribution in [1.29, 1.82) is 0 Å². The summed E-state index contributed by atoms with van der Waals surface area (Å²) in [5.41, 5.74) is 1.34. The van der Waals surface area contributed by atoms with E-state index in [-0.39, 0.29) is 5.69 Å². The minimum absolute atomic E-state index is 0.0457. The first-order valence-electron chi connectivity index (χ1n) is 8.17. The molecule has 3 rings (SSSR count). The molecule has 1 aliphatic heterocycles. The Morgan fingerprint density at radius 3 is 2.72 bits per heavy atom. The summed E-state index contributed by atoms with van der Waals surface area (Å²) in [4.78, 5) is 0. The van der Waals surface area contributed by atoms with E-state index in [1.165, 1.54) is 12.1 Å². The average molecular weight is 383 g/mol. The molecule has 4 nitrogen and oxygen atoms in total. The Balaban J connectivity index is 2.12. The monoisotopic (exact) mass is 382 g/mol. The molecule has 1 heterocycles. The van der Waals surface area contributed by atoms with Gasteiger partial charge in [0.1, 0.15) is 5.82 Å². The SMILES string of the molecule is CNCCC[C@H]1Cc2cc(Cl)ccc2N(c2ccccc2F)S1(=O)=O. The van der Waals surface area contributed by atoms with Gasteiger partial charge in [0, 0.05) is 5.02 Å². The third kappa shape index (κ3) is 3.52. The molecular weight excluding hydrogens is 363 g/mol. The molecule has 134 valence electrons. The zero-order valence-electron chi connectivity index (χ0n) is 13.9. The van der Waals surface area contributed by atoms with Gasteiger partial charge in [-0.2, -0.15) is 0 Å². The highest BCUT2D eigenvalue weighted by Crippen LogP contribution is 2.41. The van der Waals surface area contributed by atoms with Crippen molar-refractivity contribution in [1.82, 2.24) is 5.32 Å². The first-order valence-corrected chi connectivity index (χ1v) is 10.0. The van der Waals surface area contributed by atoms with Crippen molar-refractivity contribution in [3.8, 4) is 0 Å². The molecule has 2 aromatic rings. The highest BCUT2D eigenvalue weighted by atomic mass is 35.5. The molecule has 0 spiro atoms. The van der Waals surface area contributed by atoms with E-state index >= 15 is 0 Å². The summed E-state index contributed by atoms with van der Waals surface area (Å²) in [6, 6.07) is 11.0. The molecule has 1 atom stereocenters. The number of hydrogen-bond acceptors (Lipinski definition) is 3. The number of nitrogens with zero attached hydrogens (tertiary/aromatic N) is 1. The number of hydrogen-bond donors (Lipinski definition) is 1. The molecule has 0 unspecified atom stereocenters. The van der Waals surface area contributed by atoms with Gasteiger partial charge in [-0.1, -0.05) is 23.7 Å². The van der Waals surface area contributed by atoms with Crippen LogP contribution in [0.2, 0.25) is 5.02 Å². The van der Waals surface area contributed by atoms with Gasteiger partial charge in [-0.25, -0.2) is 17.1 Å². The summed E-state index contributed by atoms with van der Waals surface area (Å²) in [5.74, 6) is -0.567. The normalized spacial score (nSPS) is 18.8. The molecule has 0 amide bonds. The molecule has 0 fully saturated rings. The van der Waals surface area contributed by atoms with Gasteiger partial charge < -0.3 is 5.32 Å². The van der Waals surface area contributed by atoms with Gasteiger partial charge in [-0.15, -0.1) is 0 Å². The van der Waals surface area contributed by atoms with Crippen molar-refractivity contribution in [3.05, 3.63) is 58.9 Å². The van der Waals surface area contributed by atoms with E-state index in [1.54, 1.807) is 30.3 Å². The summed E-state index contributed by atoms with van der Waals surface area (Å²) < 4.78 is 41.9. The lowest BCUT2D eigenvalue weighted by Gasteiger charge is -2.35. The molecular formula is C18H20ClFN2O2S. The van der Waals surface area contributed by atoms with Gasteiger partial charge in [0.05, 0.1) is 16.6 Å². The first kappa shape index (κ1) is 18.2. The van der Waals surface area contributed by atoms with Crippen LogP contribution in [0.3, 0.4) is 0 Å². The second-order valence-electron chi connectivity index (χ2n) is 6.11. The Bertz CT molecular complexity index is 873.